The van der Waals surface area contributed by atoms with Crippen LogP contribution in [0.4, 0.5) is 8.78 Å². The van der Waals surface area contributed by atoms with Gasteiger partial charge in [0.25, 0.3) is 6.43 Å². The summed E-state index contributed by atoms with van der Waals surface area (Å²) in [5.74, 6) is 0.817. The average Bonchev–Trinajstić information content (AvgIpc) is 2.32. The minimum absolute atomic E-state index is 0.0618. The third kappa shape index (κ3) is 3.58. The number of alkyl halides is 2. The molecule has 5 heteroatoms. The number of halogens is 2. The van der Waals surface area contributed by atoms with Gasteiger partial charge in [-0.05, 0) is 31.6 Å². The summed E-state index contributed by atoms with van der Waals surface area (Å²) in [6, 6.07) is 0.661. The van der Waals surface area contributed by atoms with Gasteiger partial charge in [0.1, 0.15) is 0 Å². The molecule has 0 radical (unpaired) electrons. The Kier molecular flexibility index (Phi) is 5.27. The van der Waals surface area contributed by atoms with Crippen LogP contribution in [0, 0.1) is 5.92 Å². The van der Waals surface area contributed by atoms with Gasteiger partial charge >= 0.3 is 0 Å². The van der Waals surface area contributed by atoms with E-state index >= 15 is 0 Å². The van der Waals surface area contributed by atoms with Gasteiger partial charge in [0, 0.05) is 25.2 Å². The smallest absolute Gasteiger partial charge is 0.251 e. The first-order valence-electron chi connectivity index (χ1n) is 7.07. The number of thiol groups is 1. The summed E-state index contributed by atoms with van der Waals surface area (Å²) in [4.78, 5) is 2.06. The molecule has 1 aliphatic carbocycles. The van der Waals surface area contributed by atoms with Gasteiger partial charge in [0.2, 0.25) is 0 Å². The highest BCUT2D eigenvalue weighted by molar-refractivity contribution is 7.77. The molecule has 1 heterocycles. The number of hydrogen-bond acceptors (Lipinski definition) is 3. The predicted octanol–water partition coefficient (Wildman–Crippen LogP) is 3.05. The fraction of sp³-hybridized carbons (Fsp3) is 1.00. The Balaban J connectivity index is 1.88. The Labute approximate surface area is 114 Å². The predicted molar refractivity (Wildman–Crippen MR) is 73.1 cm³/mol. The van der Waals surface area contributed by atoms with Crippen molar-refractivity contribution in [1.82, 2.24) is 9.21 Å². The largest absolute Gasteiger partial charge is 0.289 e. The van der Waals surface area contributed by atoms with Gasteiger partial charge in [-0.3, -0.25) is 9.21 Å². The molecule has 1 aliphatic heterocycles. The summed E-state index contributed by atoms with van der Waals surface area (Å²) >= 11 is 4.24. The zero-order valence-corrected chi connectivity index (χ0v) is 12.0. The van der Waals surface area contributed by atoms with E-state index in [0.717, 1.165) is 31.8 Å². The van der Waals surface area contributed by atoms with Crippen LogP contribution in [-0.4, -0.2) is 47.3 Å². The van der Waals surface area contributed by atoms with Crippen LogP contribution < -0.4 is 0 Å². The summed E-state index contributed by atoms with van der Waals surface area (Å²) in [6.45, 7) is 3.81. The Bertz CT molecular complexity index is 251. The molecule has 1 saturated carbocycles. The van der Waals surface area contributed by atoms with E-state index in [-0.39, 0.29) is 6.54 Å². The van der Waals surface area contributed by atoms with Crippen molar-refractivity contribution in [1.29, 1.82) is 0 Å². The maximum Gasteiger partial charge on any atom is 0.251 e. The Morgan fingerprint density at radius 1 is 1.17 bits per heavy atom. The molecule has 0 spiro atoms. The molecule has 0 amide bonds. The molecule has 0 aromatic heterocycles. The second-order valence-corrected chi connectivity index (χ2v) is 6.26. The molecule has 1 saturated heterocycles. The molecule has 0 N–H and O–H groups in total. The zero-order valence-electron chi connectivity index (χ0n) is 11.1. The van der Waals surface area contributed by atoms with Gasteiger partial charge in [-0.25, -0.2) is 8.78 Å². The summed E-state index contributed by atoms with van der Waals surface area (Å²) in [6.07, 6.45) is 3.61. The highest BCUT2D eigenvalue weighted by Crippen LogP contribution is 2.32. The molecule has 0 unspecified atom stereocenters. The van der Waals surface area contributed by atoms with Crippen LogP contribution in [0.2, 0.25) is 0 Å². The lowest BCUT2D eigenvalue weighted by Crippen LogP contribution is -2.60. The summed E-state index contributed by atoms with van der Waals surface area (Å²) < 4.78 is 27.4. The van der Waals surface area contributed by atoms with E-state index in [2.05, 4.69) is 24.6 Å². The van der Waals surface area contributed by atoms with Crippen molar-refractivity contribution in [2.75, 3.05) is 19.6 Å². The second-order valence-electron chi connectivity index (χ2n) is 5.70. The Hall–Kier alpha value is 0.130. The normalized spacial score (nSPS) is 31.0. The lowest BCUT2D eigenvalue weighted by atomic mass is 9.83. The lowest BCUT2D eigenvalue weighted by molar-refractivity contribution is -0.0110. The first-order chi connectivity index (χ1) is 8.60. The summed E-state index contributed by atoms with van der Waals surface area (Å²) in [5, 5.41) is 0. The monoisotopic (exact) mass is 278 g/mol. The molecule has 2 nitrogen and oxygen atoms in total. The van der Waals surface area contributed by atoms with Crippen LogP contribution in [0.15, 0.2) is 0 Å². The lowest BCUT2D eigenvalue weighted by Gasteiger charge is -2.47. The molecule has 0 aromatic rings. The van der Waals surface area contributed by atoms with Crippen LogP contribution in [0.3, 0.4) is 0 Å². The zero-order chi connectivity index (χ0) is 13.1. The minimum Gasteiger partial charge on any atom is -0.289 e. The van der Waals surface area contributed by atoms with Crippen molar-refractivity contribution in [2.24, 2.45) is 5.92 Å². The fourth-order valence-corrected chi connectivity index (χ4v) is 3.66. The molecular formula is C13H24F2N2S. The summed E-state index contributed by atoms with van der Waals surface area (Å²) in [7, 11) is 0. The van der Waals surface area contributed by atoms with E-state index in [4.69, 9.17) is 0 Å². The third-order valence-corrected chi connectivity index (χ3v) is 4.85. The quantitative estimate of drug-likeness (QED) is 0.772. The molecule has 18 heavy (non-hydrogen) atoms. The Morgan fingerprint density at radius 3 is 2.22 bits per heavy atom. The van der Waals surface area contributed by atoms with Gasteiger partial charge in [-0.1, -0.05) is 26.2 Å². The third-order valence-electron chi connectivity index (χ3n) is 4.52. The van der Waals surface area contributed by atoms with E-state index in [0.29, 0.717) is 12.1 Å². The molecule has 0 aromatic carbocycles. The Morgan fingerprint density at radius 2 is 1.78 bits per heavy atom. The minimum atomic E-state index is -2.22. The van der Waals surface area contributed by atoms with Crippen molar-refractivity contribution in [3.8, 4) is 0 Å². The second kappa shape index (κ2) is 6.53. The molecule has 2 aliphatic rings. The maximum absolute atomic E-state index is 12.7. The number of nitrogens with zero attached hydrogens (tertiary/aromatic N) is 2. The molecule has 2 rings (SSSR count). The van der Waals surface area contributed by atoms with E-state index in [1.165, 1.54) is 19.3 Å². The van der Waals surface area contributed by atoms with Crippen LogP contribution in [0.25, 0.3) is 0 Å². The van der Waals surface area contributed by atoms with Crippen molar-refractivity contribution < 1.29 is 8.78 Å². The van der Waals surface area contributed by atoms with Gasteiger partial charge < -0.3 is 0 Å². The van der Waals surface area contributed by atoms with Crippen molar-refractivity contribution in [3.05, 3.63) is 0 Å². The van der Waals surface area contributed by atoms with Crippen molar-refractivity contribution in [3.63, 3.8) is 0 Å². The molecule has 0 atom stereocenters. The van der Waals surface area contributed by atoms with Gasteiger partial charge in [0.05, 0.1) is 6.54 Å². The standard InChI is InChI=1S/C13H24F2N2S/c1-2-10-3-5-11(6-4-10)17(9-13(14)15)12-7-16(18)8-12/h10-13,18H,2-9H2,1H3. The van der Waals surface area contributed by atoms with Gasteiger partial charge in [0.15, 0.2) is 0 Å². The van der Waals surface area contributed by atoms with Crippen molar-refractivity contribution in [2.45, 2.75) is 57.5 Å². The van der Waals surface area contributed by atoms with Crippen LogP contribution in [-0.2, 0) is 0 Å². The first kappa shape index (κ1) is 14.5. The van der Waals surface area contributed by atoms with Gasteiger partial charge in [-0.2, -0.15) is 0 Å². The number of rotatable bonds is 5. The van der Waals surface area contributed by atoms with E-state index in [1.54, 1.807) is 0 Å². The number of hydrogen-bond donors (Lipinski definition) is 1. The van der Waals surface area contributed by atoms with E-state index in [9.17, 15) is 8.78 Å². The van der Waals surface area contributed by atoms with Crippen molar-refractivity contribution >= 4 is 12.8 Å². The highest BCUT2D eigenvalue weighted by atomic mass is 32.1. The molecule has 106 valence electrons. The van der Waals surface area contributed by atoms with E-state index < -0.39 is 6.43 Å². The van der Waals surface area contributed by atoms with Crippen LogP contribution in [0.1, 0.15) is 39.0 Å². The topological polar surface area (TPSA) is 6.48 Å². The van der Waals surface area contributed by atoms with E-state index in [1.807, 2.05) is 4.31 Å². The fourth-order valence-electron chi connectivity index (χ4n) is 3.28. The average molecular weight is 278 g/mol. The van der Waals surface area contributed by atoms with Crippen LogP contribution >= 0.6 is 12.8 Å². The summed E-state index contributed by atoms with van der Waals surface area (Å²) in [5.41, 5.74) is 0. The molecular weight excluding hydrogens is 254 g/mol. The molecule has 0 bridgehead atoms. The maximum atomic E-state index is 12.7. The molecule has 2 fully saturated rings. The van der Waals surface area contributed by atoms with Crippen LogP contribution in [0.5, 0.6) is 0 Å². The first-order valence-corrected chi connectivity index (χ1v) is 7.47. The highest BCUT2D eigenvalue weighted by Gasteiger charge is 2.36. The SMILES string of the molecule is CCC1CCC(N(CC(F)F)C2CN(S)C2)CC1. The van der Waals surface area contributed by atoms with Gasteiger partial charge in [-0.15, -0.1) is 0 Å².